The highest BCUT2D eigenvalue weighted by atomic mass is 19.4. The molecule has 5 heteroatoms. The molecule has 170 valence electrons. The van der Waals surface area contributed by atoms with Crippen molar-refractivity contribution in [1.82, 2.24) is 0 Å². The molecular formula is C28H23F5. The first kappa shape index (κ1) is 23.0. The maximum Gasteiger partial charge on any atom is 0.419 e. The molecule has 0 spiro atoms. The van der Waals surface area contributed by atoms with Crippen LogP contribution >= 0.6 is 0 Å². The molecule has 0 nitrogen and oxygen atoms in total. The Hall–Kier alpha value is -3.21. The van der Waals surface area contributed by atoms with Crippen molar-refractivity contribution in [3.05, 3.63) is 107 Å². The summed E-state index contributed by atoms with van der Waals surface area (Å²) in [5.74, 6) is -2.00. The van der Waals surface area contributed by atoms with Gasteiger partial charge in [0.25, 0.3) is 0 Å². The van der Waals surface area contributed by atoms with Crippen LogP contribution in [0.1, 0.15) is 35.6 Å². The van der Waals surface area contributed by atoms with Crippen LogP contribution in [0.5, 0.6) is 0 Å². The molecule has 0 aliphatic rings. The molecule has 0 saturated heterocycles. The predicted octanol–water partition coefficient (Wildman–Crippen LogP) is 8.54. The fourth-order valence-corrected chi connectivity index (χ4v) is 4.08. The standard InChI is InChI=1S/C28H23F5/c1-2-3-18-4-6-19(7-5-18)8-9-20-10-13-23-21(16-20)11-14-24(27(23)30)22-12-15-25(26(29)17-22)28(31,32)33/h4-7,10-17H,2-3,8-9H2,1H3. The third-order valence-electron chi connectivity index (χ3n) is 5.87. The van der Waals surface area contributed by atoms with E-state index in [1.165, 1.54) is 17.2 Å². The number of aryl methyl sites for hydroxylation is 3. The van der Waals surface area contributed by atoms with E-state index in [1.807, 2.05) is 12.1 Å². The maximum atomic E-state index is 15.2. The van der Waals surface area contributed by atoms with E-state index in [0.29, 0.717) is 16.8 Å². The van der Waals surface area contributed by atoms with Gasteiger partial charge in [-0.25, -0.2) is 8.78 Å². The van der Waals surface area contributed by atoms with Crippen LogP contribution in [0.25, 0.3) is 21.9 Å². The molecule has 0 aliphatic carbocycles. The summed E-state index contributed by atoms with van der Waals surface area (Å²) in [7, 11) is 0. The molecule has 0 aromatic heterocycles. The van der Waals surface area contributed by atoms with Gasteiger partial charge in [0.15, 0.2) is 0 Å². The van der Waals surface area contributed by atoms with E-state index in [-0.39, 0.29) is 11.1 Å². The zero-order valence-electron chi connectivity index (χ0n) is 18.1. The smallest absolute Gasteiger partial charge is 0.206 e. The quantitative estimate of drug-likeness (QED) is 0.256. The minimum absolute atomic E-state index is 0.0649. The van der Waals surface area contributed by atoms with Gasteiger partial charge in [0.1, 0.15) is 11.6 Å². The molecule has 0 radical (unpaired) electrons. The van der Waals surface area contributed by atoms with Gasteiger partial charge < -0.3 is 0 Å². The summed E-state index contributed by atoms with van der Waals surface area (Å²) < 4.78 is 67.6. The summed E-state index contributed by atoms with van der Waals surface area (Å²) in [6.45, 7) is 2.15. The lowest BCUT2D eigenvalue weighted by molar-refractivity contribution is -0.139. The molecule has 0 unspecified atom stereocenters. The first-order valence-corrected chi connectivity index (χ1v) is 10.9. The van der Waals surface area contributed by atoms with Crippen LogP contribution < -0.4 is 0 Å². The molecule has 4 aromatic carbocycles. The number of alkyl halides is 3. The van der Waals surface area contributed by atoms with Crippen LogP contribution in [0.15, 0.2) is 72.8 Å². The molecule has 0 saturated carbocycles. The van der Waals surface area contributed by atoms with Gasteiger partial charge >= 0.3 is 6.18 Å². The van der Waals surface area contributed by atoms with Crippen LogP contribution in [0.2, 0.25) is 0 Å². The minimum atomic E-state index is -4.79. The van der Waals surface area contributed by atoms with E-state index >= 15 is 4.39 Å². The second-order valence-electron chi connectivity index (χ2n) is 8.24. The predicted molar refractivity (Wildman–Crippen MR) is 122 cm³/mol. The van der Waals surface area contributed by atoms with E-state index in [9.17, 15) is 17.6 Å². The summed E-state index contributed by atoms with van der Waals surface area (Å²) in [6, 6.07) is 19.7. The lowest BCUT2D eigenvalue weighted by Crippen LogP contribution is -2.07. The lowest BCUT2D eigenvalue weighted by Gasteiger charge is -2.12. The SMILES string of the molecule is CCCc1ccc(CCc2ccc3c(F)c(-c4ccc(C(F)(F)F)c(F)c4)ccc3c2)cc1. The van der Waals surface area contributed by atoms with Gasteiger partial charge in [0.2, 0.25) is 0 Å². The number of fused-ring (bicyclic) bond motifs is 1. The van der Waals surface area contributed by atoms with Gasteiger partial charge in [-0.2, -0.15) is 13.2 Å². The summed E-state index contributed by atoms with van der Waals surface area (Å²) in [5.41, 5.74) is 2.39. The van der Waals surface area contributed by atoms with E-state index in [1.54, 1.807) is 12.1 Å². The summed E-state index contributed by atoms with van der Waals surface area (Å²) in [4.78, 5) is 0. The molecule has 0 bridgehead atoms. The first-order chi connectivity index (χ1) is 15.8. The Morgan fingerprint density at radius 1 is 0.667 bits per heavy atom. The van der Waals surface area contributed by atoms with Gasteiger partial charge in [0.05, 0.1) is 5.56 Å². The third kappa shape index (κ3) is 5.08. The molecule has 4 rings (SSSR count). The van der Waals surface area contributed by atoms with Gasteiger partial charge in [-0.3, -0.25) is 0 Å². The van der Waals surface area contributed by atoms with Crippen molar-refractivity contribution in [2.75, 3.05) is 0 Å². The zero-order valence-corrected chi connectivity index (χ0v) is 18.1. The van der Waals surface area contributed by atoms with Crippen molar-refractivity contribution in [1.29, 1.82) is 0 Å². The van der Waals surface area contributed by atoms with E-state index in [0.717, 1.165) is 43.4 Å². The minimum Gasteiger partial charge on any atom is -0.206 e. The van der Waals surface area contributed by atoms with Crippen LogP contribution in [0.4, 0.5) is 22.0 Å². The van der Waals surface area contributed by atoms with Crippen LogP contribution in [0.3, 0.4) is 0 Å². The molecule has 33 heavy (non-hydrogen) atoms. The van der Waals surface area contributed by atoms with E-state index < -0.39 is 23.4 Å². The molecule has 0 heterocycles. The monoisotopic (exact) mass is 454 g/mol. The van der Waals surface area contributed by atoms with Crippen molar-refractivity contribution in [3.63, 3.8) is 0 Å². The number of hydrogen-bond acceptors (Lipinski definition) is 0. The van der Waals surface area contributed by atoms with Gasteiger partial charge in [-0.15, -0.1) is 0 Å². The third-order valence-corrected chi connectivity index (χ3v) is 5.87. The van der Waals surface area contributed by atoms with E-state index in [4.69, 9.17) is 0 Å². The fraction of sp³-hybridized carbons (Fsp3) is 0.214. The molecule has 0 amide bonds. The molecule has 0 aliphatic heterocycles. The maximum absolute atomic E-state index is 15.2. The summed E-state index contributed by atoms with van der Waals surface area (Å²) in [5, 5.41) is 1.04. The van der Waals surface area contributed by atoms with Crippen LogP contribution in [-0.2, 0) is 25.4 Å². The van der Waals surface area contributed by atoms with Crippen LogP contribution in [-0.4, -0.2) is 0 Å². The van der Waals surface area contributed by atoms with Crippen molar-refractivity contribution in [2.24, 2.45) is 0 Å². The van der Waals surface area contributed by atoms with Gasteiger partial charge in [-0.1, -0.05) is 74.0 Å². The Labute approximate surface area is 189 Å². The number of halogens is 5. The Kier molecular flexibility index (Phi) is 6.50. The lowest BCUT2D eigenvalue weighted by atomic mass is 9.96. The summed E-state index contributed by atoms with van der Waals surface area (Å²) >= 11 is 0. The Morgan fingerprint density at radius 3 is 1.94 bits per heavy atom. The molecule has 0 atom stereocenters. The van der Waals surface area contributed by atoms with Crippen molar-refractivity contribution < 1.29 is 22.0 Å². The Bertz CT molecular complexity index is 1270. The number of benzene rings is 4. The average Bonchev–Trinajstić information content (AvgIpc) is 2.78. The topological polar surface area (TPSA) is 0 Å². The molecule has 0 fully saturated rings. The van der Waals surface area contributed by atoms with Crippen molar-refractivity contribution in [3.8, 4) is 11.1 Å². The number of rotatable bonds is 6. The normalized spacial score (nSPS) is 11.8. The van der Waals surface area contributed by atoms with Crippen molar-refractivity contribution >= 4 is 10.8 Å². The molecular weight excluding hydrogens is 431 g/mol. The van der Waals surface area contributed by atoms with E-state index in [2.05, 4.69) is 31.2 Å². The summed E-state index contributed by atoms with van der Waals surface area (Å²) in [6.07, 6.45) is -0.946. The average molecular weight is 454 g/mol. The largest absolute Gasteiger partial charge is 0.419 e. The number of hydrogen-bond donors (Lipinski definition) is 0. The second-order valence-corrected chi connectivity index (χ2v) is 8.24. The highest BCUT2D eigenvalue weighted by Gasteiger charge is 2.34. The van der Waals surface area contributed by atoms with Crippen LogP contribution in [0, 0.1) is 11.6 Å². The first-order valence-electron chi connectivity index (χ1n) is 10.9. The Balaban J connectivity index is 1.56. The zero-order chi connectivity index (χ0) is 23.6. The molecule has 4 aromatic rings. The highest BCUT2D eigenvalue weighted by Crippen LogP contribution is 2.35. The fourth-order valence-electron chi connectivity index (χ4n) is 4.08. The highest BCUT2D eigenvalue weighted by molar-refractivity contribution is 5.88. The second kappa shape index (κ2) is 9.34. The van der Waals surface area contributed by atoms with Gasteiger partial charge in [-0.05, 0) is 59.0 Å². The van der Waals surface area contributed by atoms with Gasteiger partial charge in [0, 0.05) is 10.9 Å². The Morgan fingerprint density at radius 2 is 1.30 bits per heavy atom. The van der Waals surface area contributed by atoms with Crippen molar-refractivity contribution in [2.45, 2.75) is 38.8 Å². The molecule has 0 N–H and O–H groups in total.